The normalized spacial score (nSPS) is 33.0. The zero-order chi connectivity index (χ0) is 9.71. The van der Waals surface area contributed by atoms with Gasteiger partial charge in [-0.25, -0.2) is 0 Å². The Labute approximate surface area is 82.9 Å². The van der Waals surface area contributed by atoms with E-state index < -0.39 is 0 Å². The van der Waals surface area contributed by atoms with Crippen LogP contribution in [0.5, 0.6) is 0 Å². The molecule has 0 amide bonds. The van der Waals surface area contributed by atoms with Crippen molar-refractivity contribution in [2.24, 2.45) is 17.6 Å². The summed E-state index contributed by atoms with van der Waals surface area (Å²) >= 11 is 0. The Bertz CT molecular complexity index is 345. The molecule has 3 atom stereocenters. The van der Waals surface area contributed by atoms with E-state index in [0.29, 0.717) is 17.7 Å². The Morgan fingerprint density at radius 3 is 2.79 bits per heavy atom. The Hall–Kier alpha value is -0.900. The predicted molar refractivity (Wildman–Crippen MR) is 50.5 cm³/mol. The molecule has 0 spiro atoms. The minimum absolute atomic E-state index is 0.0229. The molecule has 2 aliphatic carbocycles. The summed E-state index contributed by atoms with van der Waals surface area (Å²) in [5.74, 6) is 3.33. The van der Waals surface area contributed by atoms with E-state index in [1.165, 1.54) is 19.3 Å². The van der Waals surface area contributed by atoms with Crippen LogP contribution in [0.4, 0.5) is 0 Å². The van der Waals surface area contributed by atoms with Gasteiger partial charge in [0.25, 0.3) is 0 Å². The van der Waals surface area contributed by atoms with Crippen LogP contribution < -0.4 is 5.73 Å². The average Bonchev–Trinajstić information content (AvgIpc) is 3.07. The summed E-state index contributed by atoms with van der Waals surface area (Å²) < 4.78 is 5.19. The minimum Gasteiger partial charge on any atom is -0.338 e. The molecule has 14 heavy (non-hydrogen) atoms. The molecule has 2 N–H and O–H groups in total. The van der Waals surface area contributed by atoms with Gasteiger partial charge in [-0.2, -0.15) is 4.98 Å². The smallest absolute Gasteiger partial charge is 0.243 e. The second-order valence-corrected chi connectivity index (χ2v) is 4.67. The number of aromatic nitrogens is 2. The molecule has 0 saturated heterocycles. The summed E-state index contributed by atoms with van der Waals surface area (Å²) in [6, 6.07) is -0.0229. The molecule has 0 radical (unpaired) electrons. The molecule has 3 unspecified atom stereocenters. The topological polar surface area (TPSA) is 64.9 Å². The van der Waals surface area contributed by atoms with Crippen LogP contribution in [0.1, 0.15) is 49.9 Å². The number of hydrogen-bond acceptors (Lipinski definition) is 4. The van der Waals surface area contributed by atoms with Crippen molar-refractivity contribution in [1.29, 1.82) is 0 Å². The third-order valence-electron chi connectivity index (χ3n) is 3.31. The molecular formula is C10H15N3O. The molecule has 0 bridgehead atoms. The van der Waals surface area contributed by atoms with Gasteiger partial charge in [0.05, 0.1) is 6.04 Å². The lowest BCUT2D eigenvalue weighted by Crippen LogP contribution is -2.12. The summed E-state index contributed by atoms with van der Waals surface area (Å²) in [6.07, 6.45) is 3.61. The van der Waals surface area contributed by atoms with E-state index in [0.717, 1.165) is 11.7 Å². The van der Waals surface area contributed by atoms with Gasteiger partial charge in [-0.3, -0.25) is 0 Å². The lowest BCUT2D eigenvalue weighted by molar-refractivity contribution is 0.340. The monoisotopic (exact) mass is 193 g/mol. The quantitative estimate of drug-likeness (QED) is 0.791. The fourth-order valence-corrected chi connectivity index (χ4v) is 1.87. The van der Waals surface area contributed by atoms with Crippen molar-refractivity contribution in [3.05, 3.63) is 11.7 Å². The number of hydrogen-bond donors (Lipinski definition) is 1. The van der Waals surface area contributed by atoms with Crippen molar-refractivity contribution < 1.29 is 4.52 Å². The van der Waals surface area contributed by atoms with Crippen LogP contribution in [0, 0.1) is 11.8 Å². The molecule has 2 aliphatic rings. The second kappa shape index (κ2) is 2.79. The van der Waals surface area contributed by atoms with Crippen LogP contribution in [0.2, 0.25) is 0 Å². The van der Waals surface area contributed by atoms with Gasteiger partial charge < -0.3 is 10.3 Å². The zero-order valence-corrected chi connectivity index (χ0v) is 8.31. The molecular weight excluding hydrogens is 178 g/mol. The van der Waals surface area contributed by atoms with E-state index in [1.54, 1.807) is 0 Å². The highest BCUT2D eigenvalue weighted by atomic mass is 16.5. The fourth-order valence-electron chi connectivity index (χ4n) is 1.87. The molecule has 1 heterocycles. The highest BCUT2D eigenvalue weighted by molar-refractivity contribution is 5.09. The third-order valence-corrected chi connectivity index (χ3v) is 3.31. The van der Waals surface area contributed by atoms with E-state index in [2.05, 4.69) is 17.1 Å². The van der Waals surface area contributed by atoms with Gasteiger partial charge in [-0.1, -0.05) is 12.1 Å². The Morgan fingerprint density at radius 1 is 1.50 bits per heavy atom. The van der Waals surface area contributed by atoms with Crippen molar-refractivity contribution in [3.63, 3.8) is 0 Å². The van der Waals surface area contributed by atoms with Crippen LogP contribution in [-0.4, -0.2) is 10.1 Å². The van der Waals surface area contributed by atoms with Crippen molar-refractivity contribution in [2.45, 2.75) is 38.1 Å². The molecule has 2 fully saturated rings. The first-order valence-corrected chi connectivity index (χ1v) is 5.35. The Morgan fingerprint density at radius 2 is 2.21 bits per heavy atom. The van der Waals surface area contributed by atoms with Crippen LogP contribution in [0.15, 0.2) is 4.52 Å². The summed E-state index contributed by atoms with van der Waals surface area (Å²) in [4.78, 5) is 4.38. The van der Waals surface area contributed by atoms with Crippen molar-refractivity contribution >= 4 is 0 Å². The standard InChI is InChI=1S/C10H15N3O/c1-5-4-7(5)9-12-10(14-13-9)8(11)6-2-3-6/h5-8H,2-4,11H2,1H3. The van der Waals surface area contributed by atoms with Crippen LogP contribution in [0.3, 0.4) is 0 Å². The van der Waals surface area contributed by atoms with Gasteiger partial charge >= 0.3 is 0 Å². The Kier molecular flexibility index (Phi) is 1.68. The van der Waals surface area contributed by atoms with E-state index in [-0.39, 0.29) is 6.04 Å². The lowest BCUT2D eigenvalue weighted by atomic mass is 10.2. The summed E-state index contributed by atoms with van der Waals surface area (Å²) in [7, 11) is 0. The van der Waals surface area contributed by atoms with Gasteiger partial charge in [-0.05, 0) is 31.1 Å². The SMILES string of the molecule is CC1CC1c1noc(C(N)C2CC2)n1. The van der Waals surface area contributed by atoms with Crippen LogP contribution >= 0.6 is 0 Å². The molecule has 76 valence electrons. The molecule has 4 nitrogen and oxygen atoms in total. The molecule has 3 rings (SSSR count). The van der Waals surface area contributed by atoms with Gasteiger partial charge in [0.1, 0.15) is 0 Å². The number of rotatable bonds is 3. The van der Waals surface area contributed by atoms with Gasteiger partial charge in [0.2, 0.25) is 5.89 Å². The van der Waals surface area contributed by atoms with E-state index in [1.807, 2.05) is 0 Å². The minimum atomic E-state index is -0.0229. The van der Waals surface area contributed by atoms with E-state index in [9.17, 15) is 0 Å². The molecule has 1 aromatic rings. The van der Waals surface area contributed by atoms with Crippen molar-refractivity contribution in [2.75, 3.05) is 0 Å². The first kappa shape index (κ1) is 8.41. The lowest BCUT2D eigenvalue weighted by Gasteiger charge is -2.01. The molecule has 2 saturated carbocycles. The highest BCUT2D eigenvalue weighted by Crippen LogP contribution is 2.46. The largest absolute Gasteiger partial charge is 0.338 e. The van der Waals surface area contributed by atoms with Crippen LogP contribution in [-0.2, 0) is 0 Å². The average molecular weight is 193 g/mol. The molecule has 0 aromatic carbocycles. The van der Waals surface area contributed by atoms with E-state index in [4.69, 9.17) is 10.3 Å². The summed E-state index contributed by atoms with van der Waals surface area (Å²) in [5, 5.41) is 3.99. The molecule has 0 aliphatic heterocycles. The number of nitrogens with zero attached hydrogens (tertiary/aromatic N) is 2. The Balaban J connectivity index is 1.76. The summed E-state index contributed by atoms with van der Waals surface area (Å²) in [5.41, 5.74) is 5.97. The number of nitrogens with two attached hydrogens (primary N) is 1. The predicted octanol–water partition coefficient (Wildman–Crippen LogP) is 1.60. The molecule has 1 aromatic heterocycles. The maximum Gasteiger partial charge on any atom is 0.243 e. The summed E-state index contributed by atoms with van der Waals surface area (Å²) in [6.45, 7) is 2.21. The highest BCUT2D eigenvalue weighted by Gasteiger charge is 2.39. The van der Waals surface area contributed by atoms with Crippen molar-refractivity contribution in [3.8, 4) is 0 Å². The third kappa shape index (κ3) is 1.34. The van der Waals surface area contributed by atoms with Crippen molar-refractivity contribution in [1.82, 2.24) is 10.1 Å². The second-order valence-electron chi connectivity index (χ2n) is 4.67. The molecule has 4 heteroatoms. The fraction of sp³-hybridized carbons (Fsp3) is 0.800. The zero-order valence-electron chi connectivity index (χ0n) is 8.31. The first-order chi connectivity index (χ1) is 6.75. The van der Waals surface area contributed by atoms with Gasteiger partial charge in [0.15, 0.2) is 5.82 Å². The van der Waals surface area contributed by atoms with Gasteiger partial charge in [-0.15, -0.1) is 0 Å². The van der Waals surface area contributed by atoms with Crippen LogP contribution in [0.25, 0.3) is 0 Å². The first-order valence-electron chi connectivity index (χ1n) is 5.35. The van der Waals surface area contributed by atoms with E-state index >= 15 is 0 Å². The maximum absolute atomic E-state index is 5.97. The van der Waals surface area contributed by atoms with Gasteiger partial charge in [0, 0.05) is 5.92 Å². The maximum atomic E-state index is 5.97.